The van der Waals surface area contributed by atoms with Gasteiger partial charge in [0.1, 0.15) is 5.75 Å². The minimum atomic E-state index is -0.303. The molecule has 0 saturated heterocycles. The Bertz CT molecular complexity index is 785. The second-order valence-electron chi connectivity index (χ2n) is 5.32. The van der Waals surface area contributed by atoms with E-state index in [2.05, 4.69) is 10.6 Å². The van der Waals surface area contributed by atoms with Crippen LogP contribution in [0.25, 0.3) is 6.08 Å². The minimum absolute atomic E-state index is 0.257. The van der Waals surface area contributed by atoms with Crippen molar-refractivity contribution in [2.75, 3.05) is 12.4 Å². The van der Waals surface area contributed by atoms with E-state index in [4.69, 9.17) is 17.0 Å². The first kappa shape index (κ1) is 17.7. The molecule has 0 spiro atoms. The van der Waals surface area contributed by atoms with Crippen LogP contribution in [0.3, 0.4) is 0 Å². The van der Waals surface area contributed by atoms with Crippen LogP contribution in [0.2, 0.25) is 0 Å². The molecule has 2 aromatic rings. The van der Waals surface area contributed by atoms with Gasteiger partial charge in [-0.3, -0.25) is 10.1 Å². The summed E-state index contributed by atoms with van der Waals surface area (Å²) in [5, 5.41) is 5.88. The SMILES string of the molecule is COc1ccccc1C=CC(=O)NC(=S)Nc1ccc(C)c(C)c1. The molecule has 24 heavy (non-hydrogen) atoms. The number of carbonyl (C=O) groups excluding carboxylic acids is 1. The number of para-hydroxylation sites is 1. The highest BCUT2D eigenvalue weighted by molar-refractivity contribution is 7.80. The number of aryl methyl sites for hydroxylation is 2. The normalized spacial score (nSPS) is 10.5. The summed E-state index contributed by atoms with van der Waals surface area (Å²) >= 11 is 5.17. The summed E-state index contributed by atoms with van der Waals surface area (Å²) in [4.78, 5) is 12.0. The first-order chi connectivity index (χ1) is 11.5. The molecule has 0 unspecified atom stereocenters. The average Bonchev–Trinajstić information content (AvgIpc) is 2.56. The number of anilines is 1. The van der Waals surface area contributed by atoms with Crippen molar-refractivity contribution in [3.63, 3.8) is 0 Å². The van der Waals surface area contributed by atoms with Gasteiger partial charge in [0.2, 0.25) is 5.91 Å². The van der Waals surface area contributed by atoms with Gasteiger partial charge in [0.25, 0.3) is 0 Å². The topological polar surface area (TPSA) is 50.4 Å². The first-order valence-corrected chi connectivity index (χ1v) is 7.90. The highest BCUT2D eigenvalue weighted by Crippen LogP contribution is 2.18. The number of carbonyl (C=O) groups is 1. The third kappa shape index (κ3) is 4.93. The molecule has 0 aliphatic rings. The van der Waals surface area contributed by atoms with Gasteiger partial charge in [0, 0.05) is 17.3 Å². The molecular weight excluding hydrogens is 320 g/mol. The number of benzene rings is 2. The van der Waals surface area contributed by atoms with Crippen LogP contribution in [0.15, 0.2) is 48.5 Å². The molecule has 0 heterocycles. The van der Waals surface area contributed by atoms with E-state index in [1.807, 2.05) is 56.3 Å². The molecule has 2 rings (SSSR count). The minimum Gasteiger partial charge on any atom is -0.496 e. The molecule has 0 atom stereocenters. The largest absolute Gasteiger partial charge is 0.496 e. The van der Waals surface area contributed by atoms with Gasteiger partial charge in [-0.05, 0) is 61.5 Å². The Balaban J connectivity index is 1.95. The zero-order chi connectivity index (χ0) is 17.5. The summed E-state index contributed by atoms with van der Waals surface area (Å²) in [6, 6.07) is 13.4. The van der Waals surface area contributed by atoms with Crippen molar-refractivity contribution in [2.24, 2.45) is 0 Å². The molecule has 2 N–H and O–H groups in total. The Morgan fingerprint density at radius 1 is 1.12 bits per heavy atom. The van der Waals surface area contributed by atoms with E-state index in [9.17, 15) is 4.79 Å². The highest BCUT2D eigenvalue weighted by atomic mass is 32.1. The zero-order valence-electron chi connectivity index (χ0n) is 13.9. The Morgan fingerprint density at radius 2 is 1.88 bits per heavy atom. The fourth-order valence-corrected chi connectivity index (χ4v) is 2.32. The molecule has 0 radical (unpaired) electrons. The third-order valence-electron chi connectivity index (χ3n) is 3.55. The van der Waals surface area contributed by atoms with E-state index in [-0.39, 0.29) is 11.0 Å². The van der Waals surface area contributed by atoms with Gasteiger partial charge < -0.3 is 10.1 Å². The van der Waals surface area contributed by atoms with Crippen molar-refractivity contribution in [3.8, 4) is 5.75 Å². The van der Waals surface area contributed by atoms with Gasteiger partial charge in [-0.1, -0.05) is 24.3 Å². The first-order valence-electron chi connectivity index (χ1n) is 7.50. The molecule has 5 heteroatoms. The molecule has 0 aliphatic heterocycles. The van der Waals surface area contributed by atoms with Crippen LogP contribution < -0.4 is 15.4 Å². The Hall–Kier alpha value is -2.66. The molecule has 0 bridgehead atoms. The van der Waals surface area contributed by atoms with Gasteiger partial charge in [0.15, 0.2) is 5.11 Å². The lowest BCUT2D eigenvalue weighted by molar-refractivity contribution is -0.115. The molecular formula is C19H20N2O2S. The van der Waals surface area contributed by atoms with Crippen molar-refractivity contribution in [3.05, 3.63) is 65.2 Å². The van der Waals surface area contributed by atoms with E-state index in [1.54, 1.807) is 13.2 Å². The number of amides is 1. The van der Waals surface area contributed by atoms with E-state index in [0.717, 1.165) is 16.8 Å². The Morgan fingerprint density at radius 3 is 2.58 bits per heavy atom. The highest BCUT2D eigenvalue weighted by Gasteiger charge is 2.03. The molecule has 0 fully saturated rings. The van der Waals surface area contributed by atoms with Crippen molar-refractivity contribution in [1.29, 1.82) is 0 Å². The maximum atomic E-state index is 12.0. The Kier molecular flexibility index (Phi) is 6.09. The fourth-order valence-electron chi connectivity index (χ4n) is 2.10. The van der Waals surface area contributed by atoms with Crippen molar-refractivity contribution >= 4 is 35.0 Å². The summed E-state index contributed by atoms with van der Waals surface area (Å²) in [5.74, 6) is 0.402. The number of methoxy groups -OCH3 is 1. The van der Waals surface area contributed by atoms with Crippen LogP contribution in [0.5, 0.6) is 5.75 Å². The van der Waals surface area contributed by atoms with E-state index in [1.165, 1.54) is 11.6 Å². The lowest BCUT2D eigenvalue weighted by Gasteiger charge is -2.10. The number of hydrogen-bond donors (Lipinski definition) is 2. The van der Waals surface area contributed by atoms with Gasteiger partial charge in [-0.15, -0.1) is 0 Å². The summed E-state index contributed by atoms with van der Waals surface area (Å²) < 4.78 is 5.24. The van der Waals surface area contributed by atoms with Gasteiger partial charge in [0.05, 0.1) is 7.11 Å². The second-order valence-corrected chi connectivity index (χ2v) is 5.73. The third-order valence-corrected chi connectivity index (χ3v) is 3.76. The van der Waals surface area contributed by atoms with Crippen LogP contribution in [-0.2, 0) is 4.79 Å². The van der Waals surface area contributed by atoms with E-state index in [0.29, 0.717) is 5.75 Å². The predicted octanol–water partition coefficient (Wildman–Crippen LogP) is 3.84. The molecule has 0 aromatic heterocycles. The van der Waals surface area contributed by atoms with E-state index < -0.39 is 0 Å². The number of hydrogen-bond acceptors (Lipinski definition) is 3. The molecule has 0 aliphatic carbocycles. The smallest absolute Gasteiger partial charge is 0.250 e. The quantitative estimate of drug-likeness (QED) is 0.656. The number of thiocarbonyl (C=S) groups is 1. The van der Waals surface area contributed by atoms with Crippen LogP contribution in [-0.4, -0.2) is 18.1 Å². The van der Waals surface area contributed by atoms with Crippen molar-refractivity contribution < 1.29 is 9.53 Å². The van der Waals surface area contributed by atoms with Crippen molar-refractivity contribution in [1.82, 2.24) is 5.32 Å². The standard InChI is InChI=1S/C19H20N2O2S/c1-13-8-10-16(12-14(13)2)20-19(24)21-18(22)11-9-15-6-4-5-7-17(15)23-3/h4-12H,1-3H3,(H2,20,21,22,24). The maximum Gasteiger partial charge on any atom is 0.250 e. The lowest BCUT2D eigenvalue weighted by atomic mass is 10.1. The van der Waals surface area contributed by atoms with Crippen molar-refractivity contribution in [2.45, 2.75) is 13.8 Å². The molecule has 124 valence electrons. The predicted molar refractivity (Wildman–Crippen MR) is 102 cm³/mol. The number of rotatable bonds is 4. The second kappa shape index (κ2) is 8.26. The molecule has 2 aromatic carbocycles. The molecule has 0 saturated carbocycles. The van der Waals surface area contributed by atoms with Crippen LogP contribution in [0.4, 0.5) is 5.69 Å². The zero-order valence-corrected chi connectivity index (χ0v) is 14.7. The summed E-state index contributed by atoms with van der Waals surface area (Å²) in [5.41, 5.74) is 4.03. The average molecular weight is 340 g/mol. The fraction of sp³-hybridized carbons (Fsp3) is 0.158. The Labute approximate surface area is 147 Å². The van der Waals surface area contributed by atoms with Crippen LogP contribution in [0.1, 0.15) is 16.7 Å². The number of nitrogens with one attached hydrogen (secondary N) is 2. The molecule has 4 nitrogen and oxygen atoms in total. The van der Waals surface area contributed by atoms with Crippen LogP contribution in [0, 0.1) is 13.8 Å². The van der Waals surface area contributed by atoms with Crippen LogP contribution >= 0.6 is 12.2 Å². The number of ether oxygens (including phenoxy) is 1. The molecule has 1 amide bonds. The maximum absolute atomic E-state index is 12.0. The summed E-state index contributed by atoms with van der Waals surface area (Å²) in [7, 11) is 1.59. The summed E-state index contributed by atoms with van der Waals surface area (Å²) in [6.07, 6.45) is 3.11. The van der Waals surface area contributed by atoms with E-state index >= 15 is 0 Å². The monoisotopic (exact) mass is 340 g/mol. The van der Waals surface area contributed by atoms with Gasteiger partial charge >= 0.3 is 0 Å². The summed E-state index contributed by atoms with van der Waals surface area (Å²) in [6.45, 7) is 4.07. The lowest BCUT2D eigenvalue weighted by Crippen LogP contribution is -2.32. The van der Waals surface area contributed by atoms with Gasteiger partial charge in [-0.2, -0.15) is 0 Å². The van der Waals surface area contributed by atoms with Gasteiger partial charge in [-0.25, -0.2) is 0 Å².